The summed E-state index contributed by atoms with van der Waals surface area (Å²) in [5.74, 6) is 0.748. The first-order valence-electron chi connectivity index (χ1n) is 7.97. The Morgan fingerprint density at radius 3 is 2.46 bits per heavy atom. The zero-order chi connectivity index (χ0) is 17.7. The minimum atomic E-state index is -0.460. The standard InChI is InChI=1S/C19H22ClFN2O/c1-5-23(6-2)12-22-18-9-14(4)19(10-13(18)3)24-15-7-8-17(21)16(20)11-15/h7-12H,5-6H2,1-4H3/b22-12+. The molecule has 0 fully saturated rings. The monoisotopic (exact) mass is 348 g/mol. The number of aryl methyl sites for hydroxylation is 2. The molecule has 128 valence electrons. The molecular formula is C19H22ClFN2O. The van der Waals surface area contributed by atoms with E-state index in [2.05, 4.69) is 23.7 Å². The Labute approximate surface area is 147 Å². The lowest BCUT2D eigenvalue weighted by Crippen LogP contribution is -2.20. The maximum Gasteiger partial charge on any atom is 0.142 e. The summed E-state index contributed by atoms with van der Waals surface area (Å²) in [4.78, 5) is 6.68. The number of benzene rings is 2. The van der Waals surface area contributed by atoms with E-state index < -0.39 is 5.82 Å². The highest BCUT2D eigenvalue weighted by molar-refractivity contribution is 6.30. The van der Waals surface area contributed by atoms with Gasteiger partial charge in [0.1, 0.15) is 17.3 Å². The number of rotatable bonds is 6. The SMILES string of the molecule is CCN(/C=N/c1cc(C)c(Oc2ccc(F)c(Cl)c2)cc1C)CC. The number of hydrogen-bond acceptors (Lipinski definition) is 2. The zero-order valence-corrected chi connectivity index (χ0v) is 15.2. The highest BCUT2D eigenvalue weighted by Crippen LogP contribution is 2.32. The Bertz CT molecular complexity index is 742. The number of halogens is 2. The molecule has 0 radical (unpaired) electrons. The first-order valence-corrected chi connectivity index (χ1v) is 8.34. The smallest absolute Gasteiger partial charge is 0.142 e. The molecule has 3 nitrogen and oxygen atoms in total. The van der Waals surface area contributed by atoms with Crippen LogP contribution in [0.15, 0.2) is 35.3 Å². The summed E-state index contributed by atoms with van der Waals surface area (Å²) in [5.41, 5.74) is 2.86. The van der Waals surface area contributed by atoms with Gasteiger partial charge in [-0.15, -0.1) is 0 Å². The van der Waals surface area contributed by atoms with Crippen LogP contribution in [-0.2, 0) is 0 Å². The Balaban J connectivity index is 2.24. The summed E-state index contributed by atoms with van der Waals surface area (Å²) >= 11 is 5.80. The molecule has 2 aromatic carbocycles. The van der Waals surface area contributed by atoms with E-state index in [-0.39, 0.29) is 5.02 Å². The second-order valence-electron chi connectivity index (χ2n) is 5.55. The molecule has 2 rings (SSSR count). The molecular weight excluding hydrogens is 327 g/mol. The maximum atomic E-state index is 13.2. The average Bonchev–Trinajstić information content (AvgIpc) is 2.56. The van der Waals surface area contributed by atoms with Gasteiger partial charge in [-0.25, -0.2) is 9.38 Å². The fourth-order valence-electron chi connectivity index (χ4n) is 2.22. The molecule has 0 saturated carbocycles. The Hall–Kier alpha value is -2.07. The lowest BCUT2D eigenvalue weighted by molar-refractivity contribution is 0.476. The van der Waals surface area contributed by atoms with Gasteiger partial charge in [0.2, 0.25) is 0 Å². The van der Waals surface area contributed by atoms with Crippen molar-refractivity contribution in [1.82, 2.24) is 4.90 Å². The Kier molecular flexibility index (Phi) is 6.21. The van der Waals surface area contributed by atoms with E-state index in [1.807, 2.05) is 32.3 Å². The van der Waals surface area contributed by atoms with Crippen LogP contribution in [0.1, 0.15) is 25.0 Å². The first-order chi connectivity index (χ1) is 11.4. The maximum absolute atomic E-state index is 13.2. The van der Waals surface area contributed by atoms with Gasteiger partial charge < -0.3 is 9.64 Å². The van der Waals surface area contributed by atoms with Crippen molar-refractivity contribution in [3.05, 3.63) is 52.3 Å². The van der Waals surface area contributed by atoms with Crippen LogP contribution in [-0.4, -0.2) is 24.3 Å². The Morgan fingerprint density at radius 2 is 1.83 bits per heavy atom. The molecule has 5 heteroatoms. The van der Waals surface area contributed by atoms with Gasteiger partial charge in [0.15, 0.2) is 0 Å². The van der Waals surface area contributed by atoms with Crippen LogP contribution in [0.4, 0.5) is 10.1 Å². The van der Waals surface area contributed by atoms with Crippen LogP contribution >= 0.6 is 11.6 Å². The lowest BCUT2D eigenvalue weighted by Gasteiger charge is -2.15. The normalized spacial score (nSPS) is 11.1. The molecule has 0 aliphatic carbocycles. The van der Waals surface area contributed by atoms with Crippen LogP contribution in [0.5, 0.6) is 11.5 Å². The van der Waals surface area contributed by atoms with Crippen LogP contribution in [0, 0.1) is 19.7 Å². The van der Waals surface area contributed by atoms with E-state index in [1.165, 1.54) is 12.1 Å². The van der Waals surface area contributed by atoms with Gasteiger partial charge in [-0.2, -0.15) is 0 Å². The summed E-state index contributed by atoms with van der Waals surface area (Å²) in [7, 11) is 0. The predicted octanol–water partition coefficient (Wildman–Crippen LogP) is 5.89. The van der Waals surface area contributed by atoms with Crippen molar-refractivity contribution in [3.63, 3.8) is 0 Å². The molecule has 24 heavy (non-hydrogen) atoms. The van der Waals surface area contributed by atoms with Gasteiger partial charge in [0, 0.05) is 19.2 Å². The number of nitrogens with zero attached hydrogens (tertiary/aromatic N) is 2. The second-order valence-corrected chi connectivity index (χ2v) is 5.96. The molecule has 0 saturated heterocycles. The fraction of sp³-hybridized carbons (Fsp3) is 0.316. The first kappa shape index (κ1) is 18.3. The van der Waals surface area contributed by atoms with Crippen LogP contribution in [0.25, 0.3) is 0 Å². The summed E-state index contributed by atoms with van der Waals surface area (Å²) in [5, 5.41) is 0.0438. The van der Waals surface area contributed by atoms with Gasteiger partial charge >= 0.3 is 0 Å². The predicted molar refractivity (Wildman–Crippen MR) is 98.5 cm³/mol. The summed E-state index contributed by atoms with van der Waals surface area (Å²) in [6.07, 6.45) is 1.86. The summed E-state index contributed by atoms with van der Waals surface area (Å²) in [6.45, 7) is 9.97. The van der Waals surface area contributed by atoms with Crippen molar-refractivity contribution in [2.24, 2.45) is 4.99 Å². The number of aliphatic imine (C=N–C) groups is 1. The lowest BCUT2D eigenvalue weighted by atomic mass is 10.1. The molecule has 0 amide bonds. The number of hydrogen-bond donors (Lipinski definition) is 0. The Morgan fingerprint density at radius 1 is 1.12 bits per heavy atom. The van der Waals surface area contributed by atoms with Crippen molar-refractivity contribution < 1.29 is 9.13 Å². The largest absolute Gasteiger partial charge is 0.457 e. The van der Waals surface area contributed by atoms with Crippen molar-refractivity contribution in [2.45, 2.75) is 27.7 Å². The molecule has 0 heterocycles. The molecule has 2 aromatic rings. The van der Waals surface area contributed by atoms with E-state index >= 15 is 0 Å². The van der Waals surface area contributed by atoms with Crippen LogP contribution in [0.3, 0.4) is 0 Å². The average molecular weight is 349 g/mol. The topological polar surface area (TPSA) is 24.8 Å². The van der Waals surface area contributed by atoms with Crippen molar-refractivity contribution >= 4 is 23.6 Å². The van der Waals surface area contributed by atoms with Crippen LogP contribution < -0.4 is 4.74 Å². The van der Waals surface area contributed by atoms with Gasteiger partial charge in [-0.3, -0.25) is 0 Å². The third kappa shape index (κ3) is 4.48. The van der Waals surface area contributed by atoms with E-state index in [1.54, 1.807) is 6.07 Å². The van der Waals surface area contributed by atoms with Crippen molar-refractivity contribution in [2.75, 3.05) is 13.1 Å². The molecule has 0 bridgehead atoms. The summed E-state index contributed by atoms with van der Waals surface area (Å²) < 4.78 is 19.1. The number of ether oxygens (including phenoxy) is 1. The highest BCUT2D eigenvalue weighted by atomic mass is 35.5. The van der Waals surface area contributed by atoms with Gasteiger partial charge in [-0.1, -0.05) is 11.6 Å². The third-order valence-electron chi connectivity index (χ3n) is 3.78. The summed E-state index contributed by atoms with van der Waals surface area (Å²) in [6, 6.07) is 8.24. The molecule has 0 atom stereocenters. The zero-order valence-electron chi connectivity index (χ0n) is 14.4. The molecule has 0 N–H and O–H groups in total. The molecule has 0 aliphatic heterocycles. The fourth-order valence-corrected chi connectivity index (χ4v) is 2.39. The minimum absolute atomic E-state index is 0.0438. The van der Waals surface area contributed by atoms with Gasteiger partial charge in [0.25, 0.3) is 0 Å². The van der Waals surface area contributed by atoms with E-state index in [4.69, 9.17) is 16.3 Å². The van der Waals surface area contributed by atoms with E-state index in [0.717, 1.165) is 29.9 Å². The highest BCUT2D eigenvalue weighted by Gasteiger charge is 2.08. The van der Waals surface area contributed by atoms with Crippen molar-refractivity contribution in [1.29, 1.82) is 0 Å². The molecule has 0 spiro atoms. The molecule has 0 unspecified atom stereocenters. The molecule has 0 aromatic heterocycles. The van der Waals surface area contributed by atoms with Gasteiger partial charge in [-0.05, 0) is 63.1 Å². The minimum Gasteiger partial charge on any atom is -0.457 e. The molecule has 0 aliphatic rings. The van der Waals surface area contributed by atoms with Crippen LogP contribution in [0.2, 0.25) is 5.02 Å². The third-order valence-corrected chi connectivity index (χ3v) is 4.07. The van der Waals surface area contributed by atoms with E-state index in [9.17, 15) is 4.39 Å². The quantitative estimate of drug-likeness (QED) is 0.480. The van der Waals surface area contributed by atoms with Gasteiger partial charge in [0.05, 0.1) is 17.0 Å². The van der Waals surface area contributed by atoms with E-state index in [0.29, 0.717) is 11.5 Å². The van der Waals surface area contributed by atoms with Crippen molar-refractivity contribution in [3.8, 4) is 11.5 Å². The second kappa shape index (κ2) is 8.15.